The van der Waals surface area contributed by atoms with Crippen molar-refractivity contribution in [1.82, 2.24) is 19.9 Å². The molecule has 4 aliphatic rings. The van der Waals surface area contributed by atoms with Gasteiger partial charge in [-0.25, -0.2) is 22.2 Å². The Hall–Kier alpha value is -4.32. The first kappa shape index (κ1) is 35.7. The molecule has 14 heteroatoms. The van der Waals surface area contributed by atoms with Crippen molar-refractivity contribution in [2.24, 2.45) is 11.3 Å². The van der Waals surface area contributed by atoms with E-state index in [9.17, 15) is 13.5 Å². The summed E-state index contributed by atoms with van der Waals surface area (Å²) in [5.74, 6) is 1.97. The number of halogens is 2. The van der Waals surface area contributed by atoms with Crippen LogP contribution in [0.5, 0.6) is 17.6 Å². The maximum absolute atomic E-state index is 17.2. The molecule has 2 aromatic heterocycles. The van der Waals surface area contributed by atoms with E-state index in [1.165, 1.54) is 31.4 Å². The minimum atomic E-state index is -2.86. The van der Waals surface area contributed by atoms with Gasteiger partial charge < -0.3 is 24.2 Å². The molecule has 0 radical (unpaired) electrons. The van der Waals surface area contributed by atoms with Gasteiger partial charge in [-0.1, -0.05) is 18.4 Å². The molecule has 1 N–H and O–H groups in total. The highest BCUT2D eigenvalue weighted by atomic mass is 32.2. The number of anilines is 1. The zero-order chi connectivity index (χ0) is 36.9. The molecule has 280 valence electrons. The summed E-state index contributed by atoms with van der Waals surface area (Å²) in [7, 11) is -1.44. The van der Waals surface area contributed by atoms with Crippen LogP contribution in [0.2, 0.25) is 0 Å². The van der Waals surface area contributed by atoms with E-state index in [2.05, 4.69) is 20.8 Å². The van der Waals surface area contributed by atoms with Crippen LogP contribution in [-0.2, 0) is 14.6 Å². The molecule has 1 aliphatic carbocycles. The van der Waals surface area contributed by atoms with Gasteiger partial charge in [0.25, 0.3) is 0 Å². The number of phenols is 1. The van der Waals surface area contributed by atoms with E-state index in [0.717, 1.165) is 58.0 Å². The van der Waals surface area contributed by atoms with Gasteiger partial charge in [0.1, 0.15) is 34.0 Å². The molecule has 2 atom stereocenters. The number of hydrogen-bond donors (Lipinski definition) is 1. The number of aromatic hydroxyl groups is 1. The van der Waals surface area contributed by atoms with E-state index in [1.807, 2.05) is 4.90 Å². The first-order valence-corrected chi connectivity index (χ1v) is 20.2. The molecule has 3 saturated heterocycles. The molecule has 11 nitrogen and oxygen atoms in total. The molecule has 3 aliphatic heterocycles. The zero-order valence-corrected chi connectivity index (χ0v) is 30.6. The molecule has 0 unspecified atom stereocenters. The number of rotatable bonds is 9. The summed E-state index contributed by atoms with van der Waals surface area (Å²) in [6, 6.07) is 5.72. The summed E-state index contributed by atoms with van der Waals surface area (Å²) >= 11 is 0. The predicted octanol–water partition coefficient (Wildman–Crippen LogP) is 5.49. The number of methoxy groups -OCH3 is 1. The highest BCUT2D eigenvalue weighted by Crippen LogP contribution is 2.49. The fraction of sp³-hybridized carbons (Fsp3) is 0.513. The Morgan fingerprint density at radius 2 is 1.89 bits per heavy atom. The number of pyridine rings is 1. The minimum Gasteiger partial charge on any atom is -0.508 e. The van der Waals surface area contributed by atoms with Gasteiger partial charge in [0, 0.05) is 42.1 Å². The maximum atomic E-state index is 17.2. The molecule has 0 spiro atoms. The van der Waals surface area contributed by atoms with Crippen LogP contribution in [0.15, 0.2) is 24.3 Å². The average molecular weight is 748 g/mol. The topological polar surface area (TPSA) is 127 Å². The Morgan fingerprint density at radius 3 is 2.68 bits per heavy atom. The lowest BCUT2D eigenvalue weighted by Crippen LogP contribution is -2.53. The van der Waals surface area contributed by atoms with Gasteiger partial charge in [0.2, 0.25) is 5.88 Å². The van der Waals surface area contributed by atoms with E-state index in [1.54, 1.807) is 0 Å². The lowest BCUT2D eigenvalue weighted by Gasteiger charge is -2.46. The van der Waals surface area contributed by atoms with Crippen LogP contribution in [-0.4, -0.2) is 104 Å². The Labute approximate surface area is 307 Å². The van der Waals surface area contributed by atoms with Crippen molar-refractivity contribution in [2.45, 2.75) is 51.0 Å². The Kier molecular flexibility index (Phi) is 9.53. The second-order valence-electron chi connectivity index (χ2n) is 14.9. The molecule has 8 rings (SSSR count). The number of nitrogens with zero attached hydrogens (tertiary/aromatic N) is 5. The van der Waals surface area contributed by atoms with Gasteiger partial charge in [-0.2, -0.15) is 9.97 Å². The molecule has 5 heterocycles. The number of likely N-dealkylation sites (tertiary alicyclic amines) is 1. The fourth-order valence-corrected chi connectivity index (χ4v) is 10.8. The molecule has 2 aromatic carbocycles. The molecule has 4 fully saturated rings. The third-order valence-electron chi connectivity index (χ3n) is 11.6. The molecule has 4 aromatic rings. The first-order chi connectivity index (χ1) is 25.6. The van der Waals surface area contributed by atoms with Gasteiger partial charge in [-0.3, -0.25) is 4.90 Å². The summed E-state index contributed by atoms with van der Waals surface area (Å²) in [5, 5.41) is 11.6. The second kappa shape index (κ2) is 14.2. The van der Waals surface area contributed by atoms with Crippen molar-refractivity contribution in [3.05, 3.63) is 41.5 Å². The van der Waals surface area contributed by atoms with Gasteiger partial charge in [0.05, 0.1) is 37.4 Å². The SMILES string of the molecule is C#Cc1c(F)ccc2cc(O)cc(-c3nc(OC)c4c(N5CCCOCC5)nc(OC[C@]56CCC[C@H]5N(CCC5CS(=O)(=O)C5)CCC6)nc4c3F)c12. The Bertz CT molecular complexity index is 2210. The summed E-state index contributed by atoms with van der Waals surface area (Å²) < 4.78 is 73.8. The van der Waals surface area contributed by atoms with Crippen LogP contribution in [0.1, 0.15) is 50.5 Å². The van der Waals surface area contributed by atoms with Crippen molar-refractivity contribution >= 4 is 37.3 Å². The number of benzene rings is 2. The van der Waals surface area contributed by atoms with E-state index in [0.29, 0.717) is 44.1 Å². The molecule has 53 heavy (non-hydrogen) atoms. The highest BCUT2D eigenvalue weighted by molar-refractivity contribution is 7.92. The van der Waals surface area contributed by atoms with Crippen LogP contribution in [0.3, 0.4) is 0 Å². The number of hydrogen-bond acceptors (Lipinski definition) is 11. The largest absolute Gasteiger partial charge is 0.508 e. The van der Waals surface area contributed by atoms with Crippen LogP contribution in [0.4, 0.5) is 14.6 Å². The number of sulfone groups is 1. The molecule has 0 bridgehead atoms. The lowest BCUT2D eigenvalue weighted by molar-refractivity contribution is -0.00218. The van der Waals surface area contributed by atoms with Gasteiger partial charge >= 0.3 is 6.01 Å². The molecular formula is C39H43F2N5O6S. The van der Waals surface area contributed by atoms with Crippen molar-refractivity contribution in [1.29, 1.82) is 0 Å². The minimum absolute atomic E-state index is 0.0173. The number of fused-ring (bicyclic) bond motifs is 3. The smallest absolute Gasteiger partial charge is 0.319 e. The number of phenolic OH excluding ortho intramolecular Hbond substituents is 1. The van der Waals surface area contributed by atoms with Crippen molar-refractivity contribution in [2.75, 3.05) is 69.5 Å². The number of ether oxygens (including phenoxy) is 3. The fourth-order valence-electron chi connectivity index (χ4n) is 9.11. The molecule has 1 saturated carbocycles. The maximum Gasteiger partial charge on any atom is 0.319 e. The number of terminal acetylenes is 1. The standard InChI is InChI=1S/C39H43F2N5O6S/c1-3-27-29(40)9-8-25-19-26(47)20-28(31(25)27)34-33(41)35-32(37(42-34)50-2)36(46-14-6-17-51-18-16-46)44-38(43-35)52-23-39-11-4-7-30(39)45(13-5-12-39)15-10-24-21-53(48,49)22-24/h1,8-9,19-20,24,30,47H,4-7,10-18,21-23H2,2H3/t30-,39-/m1/s1. The van der Waals surface area contributed by atoms with E-state index in [4.69, 9.17) is 25.6 Å². The number of aromatic nitrogens is 3. The quantitative estimate of drug-likeness (QED) is 0.219. The second-order valence-corrected chi connectivity index (χ2v) is 17.0. The van der Waals surface area contributed by atoms with Gasteiger partial charge in [0.15, 0.2) is 15.7 Å². The third-order valence-corrected chi connectivity index (χ3v) is 13.5. The van der Waals surface area contributed by atoms with Crippen LogP contribution in [0.25, 0.3) is 32.9 Å². The zero-order valence-electron chi connectivity index (χ0n) is 29.7. The van der Waals surface area contributed by atoms with Crippen molar-refractivity contribution in [3.8, 4) is 41.2 Å². The van der Waals surface area contributed by atoms with E-state index in [-0.39, 0.29) is 79.6 Å². The number of piperidine rings is 1. The van der Waals surface area contributed by atoms with Gasteiger partial charge in [-0.15, -0.1) is 6.42 Å². The van der Waals surface area contributed by atoms with Crippen LogP contribution >= 0.6 is 0 Å². The van der Waals surface area contributed by atoms with Crippen molar-refractivity contribution < 1.29 is 36.5 Å². The summed E-state index contributed by atoms with van der Waals surface area (Å²) in [4.78, 5) is 18.7. The molecular weight excluding hydrogens is 705 g/mol. The van der Waals surface area contributed by atoms with Crippen molar-refractivity contribution in [3.63, 3.8) is 0 Å². The summed E-state index contributed by atoms with van der Waals surface area (Å²) in [5.41, 5.74) is -0.448. The predicted molar refractivity (Wildman–Crippen MR) is 197 cm³/mol. The monoisotopic (exact) mass is 747 g/mol. The Balaban J connectivity index is 1.20. The van der Waals surface area contributed by atoms with Gasteiger partial charge in [-0.05, 0) is 81.1 Å². The third kappa shape index (κ3) is 6.61. The van der Waals surface area contributed by atoms with Crippen LogP contribution < -0.4 is 14.4 Å². The lowest BCUT2D eigenvalue weighted by atomic mass is 9.75. The summed E-state index contributed by atoms with van der Waals surface area (Å²) in [6.45, 7) is 4.27. The normalized spacial score (nSPS) is 23.4. The van der Waals surface area contributed by atoms with E-state index < -0.39 is 21.5 Å². The Morgan fingerprint density at radius 1 is 1.06 bits per heavy atom. The average Bonchev–Trinajstić information content (AvgIpc) is 3.39. The van der Waals surface area contributed by atoms with E-state index >= 15 is 8.78 Å². The highest BCUT2D eigenvalue weighted by Gasteiger charge is 2.49. The molecule has 0 amide bonds. The van der Waals surface area contributed by atoms with Crippen LogP contribution in [0, 0.1) is 35.3 Å². The first-order valence-electron chi connectivity index (χ1n) is 18.4. The summed E-state index contributed by atoms with van der Waals surface area (Å²) in [6.07, 6.45) is 12.4.